The van der Waals surface area contributed by atoms with Gasteiger partial charge in [-0.15, -0.1) is 11.8 Å². The van der Waals surface area contributed by atoms with Crippen LogP contribution in [0, 0.1) is 0 Å². The largest absolute Gasteiger partial charge is 0.481 e. The third-order valence-corrected chi connectivity index (χ3v) is 7.86. The van der Waals surface area contributed by atoms with Crippen LogP contribution in [0.3, 0.4) is 0 Å². The molecule has 0 fully saturated rings. The van der Waals surface area contributed by atoms with E-state index < -0.39 is 25.9 Å². The first-order valence-electron chi connectivity index (χ1n) is 11.2. The molecule has 34 heavy (non-hydrogen) atoms. The van der Waals surface area contributed by atoms with E-state index in [0.29, 0.717) is 36.3 Å². The topological polar surface area (TPSA) is 168 Å². The zero-order chi connectivity index (χ0) is 25.6. The summed E-state index contributed by atoms with van der Waals surface area (Å²) in [6.45, 7) is 0. The van der Waals surface area contributed by atoms with Crippen LogP contribution in [0.1, 0.15) is 70.6 Å². The van der Waals surface area contributed by atoms with Crippen molar-refractivity contribution in [2.45, 2.75) is 80.4 Å². The molecule has 0 saturated heterocycles. The Labute approximate surface area is 206 Å². The van der Waals surface area contributed by atoms with Crippen LogP contribution in [0.2, 0.25) is 0 Å². The molecule has 0 aromatic carbocycles. The Balaban J connectivity index is 2.41. The first-order chi connectivity index (χ1) is 15.9. The number of aliphatic carboxylic acids is 1. The van der Waals surface area contributed by atoms with Gasteiger partial charge in [0.1, 0.15) is 5.82 Å². The average molecular weight is 539 g/mol. The Morgan fingerprint density at radius 3 is 2.09 bits per heavy atom. The van der Waals surface area contributed by atoms with Crippen LogP contribution >= 0.6 is 11.8 Å². The number of carboxylic acid groups (broad SMARTS) is 1. The molecule has 0 aliphatic carbocycles. The standard InChI is InChI=1S/C21H34N2O8S3/c1-33(27,28)17-15-18(32-13-10-12-20(25)26)21(22-16-17)23-19(24)11-8-6-4-2-3-5-7-9-14-34(29,30)31/h15-16H,2-14H2,1H3,(H,25,26)(H,22,23,24)(H,29,30,31). The molecule has 3 N–H and O–H groups in total. The smallest absolute Gasteiger partial charge is 0.303 e. The molecule has 0 spiro atoms. The van der Waals surface area contributed by atoms with Crippen LogP contribution < -0.4 is 5.32 Å². The number of anilines is 1. The summed E-state index contributed by atoms with van der Waals surface area (Å²) in [7, 11) is -7.34. The number of pyridine rings is 1. The van der Waals surface area contributed by atoms with Crippen LogP contribution in [0.4, 0.5) is 5.82 Å². The number of nitrogens with one attached hydrogen (secondary N) is 1. The zero-order valence-corrected chi connectivity index (χ0v) is 21.8. The Hall–Kier alpha value is -1.70. The predicted molar refractivity (Wildman–Crippen MR) is 132 cm³/mol. The third kappa shape index (κ3) is 14.5. The second-order valence-corrected chi connectivity index (χ2v) is 12.8. The number of hydrogen-bond donors (Lipinski definition) is 3. The van der Waals surface area contributed by atoms with Gasteiger partial charge in [0, 0.05) is 25.3 Å². The van der Waals surface area contributed by atoms with Crippen LogP contribution in [-0.2, 0) is 29.5 Å². The van der Waals surface area contributed by atoms with Gasteiger partial charge in [-0.1, -0.05) is 38.5 Å². The number of hydrogen-bond acceptors (Lipinski definition) is 8. The average Bonchev–Trinajstić information content (AvgIpc) is 2.71. The second kappa shape index (κ2) is 15.3. The highest BCUT2D eigenvalue weighted by Gasteiger charge is 2.15. The van der Waals surface area contributed by atoms with Crippen molar-refractivity contribution in [3.8, 4) is 0 Å². The Morgan fingerprint density at radius 1 is 0.941 bits per heavy atom. The van der Waals surface area contributed by atoms with E-state index >= 15 is 0 Å². The van der Waals surface area contributed by atoms with Crippen LogP contribution in [0.25, 0.3) is 0 Å². The van der Waals surface area contributed by atoms with E-state index in [2.05, 4.69) is 10.3 Å². The first-order valence-corrected chi connectivity index (χ1v) is 15.7. The summed E-state index contributed by atoms with van der Waals surface area (Å²) in [5.41, 5.74) is 0. The molecule has 0 radical (unpaired) electrons. The molecule has 0 saturated carbocycles. The summed E-state index contributed by atoms with van der Waals surface area (Å²) in [4.78, 5) is 27.6. The van der Waals surface area contributed by atoms with Crippen molar-refractivity contribution in [3.05, 3.63) is 12.3 Å². The Kier molecular flexibility index (Phi) is 13.7. The van der Waals surface area contributed by atoms with Gasteiger partial charge >= 0.3 is 5.97 Å². The lowest BCUT2D eigenvalue weighted by molar-refractivity contribution is -0.137. The molecule has 1 amide bonds. The van der Waals surface area contributed by atoms with Crippen molar-refractivity contribution in [2.24, 2.45) is 0 Å². The van der Waals surface area contributed by atoms with Gasteiger partial charge in [0.2, 0.25) is 5.91 Å². The van der Waals surface area contributed by atoms with E-state index in [1.807, 2.05) is 0 Å². The molecule has 0 aliphatic heterocycles. The third-order valence-electron chi connectivity index (χ3n) is 4.86. The van der Waals surface area contributed by atoms with Gasteiger partial charge in [0.05, 0.1) is 15.5 Å². The minimum atomic E-state index is -3.87. The number of carbonyl (C=O) groups excluding carboxylic acids is 1. The second-order valence-electron chi connectivity index (χ2n) is 8.05. The number of aromatic nitrogens is 1. The molecule has 0 unspecified atom stereocenters. The molecule has 1 rings (SSSR count). The van der Waals surface area contributed by atoms with Gasteiger partial charge in [-0.3, -0.25) is 14.1 Å². The summed E-state index contributed by atoms with van der Waals surface area (Å²) < 4.78 is 53.6. The fourth-order valence-corrected chi connectivity index (χ4v) is 5.24. The number of carbonyl (C=O) groups is 2. The number of nitrogens with zero attached hydrogens (tertiary/aromatic N) is 1. The quantitative estimate of drug-likeness (QED) is 0.142. The minimum Gasteiger partial charge on any atom is -0.481 e. The maximum Gasteiger partial charge on any atom is 0.303 e. The predicted octanol–water partition coefficient (Wildman–Crippen LogP) is 3.78. The number of sulfone groups is 1. The van der Waals surface area contributed by atoms with Crippen molar-refractivity contribution in [3.63, 3.8) is 0 Å². The summed E-state index contributed by atoms with van der Waals surface area (Å²) >= 11 is 1.25. The highest BCUT2D eigenvalue weighted by atomic mass is 32.2. The molecular formula is C21H34N2O8S3. The molecule has 10 nitrogen and oxygen atoms in total. The molecule has 1 heterocycles. The molecule has 1 aromatic heterocycles. The molecule has 0 aliphatic rings. The monoisotopic (exact) mass is 538 g/mol. The molecule has 0 bridgehead atoms. The van der Waals surface area contributed by atoms with Crippen molar-refractivity contribution >= 4 is 49.4 Å². The lowest BCUT2D eigenvalue weighted by atomic mass is 10.1. The number of rotatable bonds is 18. The molecule has 0 atom stereocenters. The lowest BCUT2D eigenvalue weighted by Gasteiger charge is -2.11. The first kappa shape index (κ1) is 30.3. The lowest BCUT2D eigenvalue weighted by Crippen LogP contribution is -2.13. The van der Waals surface area contributed by atoms with Crippen molar-refractivity contribution in [1.82, 2.24) is 4.98 Å². The van der Waals surface area contributed by atoms with Crippen molar-refractivity contribution in [1.29, 1.82) is 0 Å². The molecule has 13 heteroatoms. The highest BCUT2D eigenvalue weighted by Crippen LogP contribution is 2.29. The fourth-order valence-electron chi connectivity index (χ4n) is 3.06. The summed E-state index contributed by atoms with van der Waals surface area (Å²) in [5, 5.41) is 11.5. The summed E-state index contributed by atoms with van der Waals surface area (Å²) in [6, 6.07) is 1.44. The van der Waals surface area contributed by atoms with E-state index in [9.17, 15) is 26.4 Å². The van der Waals surface area contributed by atoms with E-state index in [-0.39, 0.29) is 28.8 Å². The van der Waals surface area contributed by atoms with Gasteiger partial charge in [-0.2, -0.15) is 8.42 Å². The zero-order valence-electron chi connectivity index (χ0n) is 19.4. The SMILES string of the molecule is CS(=O)(=O)c1cnc(NC(=O)CCCCCCCCCCS(=O)(=O)O)c(SCCCC(=O)O)c1. The van der Waals surface area contributed by atoms with E-state index in [1.165, 1.54) is 24.0 Å². The summed E-state index contributed by atoms with van der Waals surface area (Å²) in [6.07, 6.45) is 9.55. The van der Waals surface area contributed by atoms with Gasteiger partial charge in [0.25, 0.3) is 10.1 Å². The maximum atomic E-state index is 12.3. The van der Waals surface area contributed by atoms with E-state index in [0.717, 1.165) is 44.8 Å². The minimum absolute atomic E-state index is 0.00153. The van der Waals surface area contributed by atoms with Crippen molar-refractivity contribution < 1.29 is 36.1 Å². The number of carboxylic acids is 1. The fraction of sp³-hybridized carbons (Fsp3) is 0.667. The van der Waals surface area contributed by atoms with Crippen LogP contribution in [0.5, 0.6) is 0 Å². The van der Waals surface area contributed by atoms with Gasteiger partial charge in [-0.25, -0.2) is 13.4 Å². The molecular weight excluding hydrogens is 504 g/mol. The van der Waals surface area contributed by atoms with E-state index in [1.54, 1.807) is 0 Å². The Bertz CT molecular complexity index is 1010. The highest BCUT2D eigenvalue weighted by molar-refractivity contribution is 7.99. The Morgan fingerprint density at radius 2 is 1.53 bits per heavy atom. The van der Waals surface area contributed by atoms with Gasteiger partial charge < -0.3 is 10.4 Å². The number of thioether (sulfide) groups is 1. The van der Waals surface area contributed by atoms with Gasteiger partial charge in [0.15, 0.2) is 9.84 Å². The van der Waals surface area contributed by atoms with Crippen molar-refractivity contribution in [2.75, 3.05) is 23.1 Å². The molecule has 1 aromatic rings. The van der Waals surface area contributed by atoms with Gasteiger partial charge in [-0.05, 0) is 31.1 Å². The summed E-state index contributed by atoms with van der Waals surface area (Å²) in [5.74, 6) is -0.620. The van der Waals surface area contributed by atoms with E-state index in [4.69, 9.17) is 9.66 Å². The number of amides is 1. The number of unbranched alkanes of at least 4 members (excludes halogenated alkanes) is 7. The maximum absolute atomic E-state index is 12.3. The van der Waals surface area contributed by atoms with Crippen LogP contribution in [-0.4, -0.2) is 61.1 Å². The normalized spacial score (nSPS) is 11.9. The molecule has 194 valence electrons. The van der Waals surface area contributed by atoms with Crippen LogP contribution in [0.15, 0.2) is 22.1 Å².